The summed E-state index contributed by atoms with van der Waals surface area (Å²) in [6, 6.07) is 17.4. The molecular formula is C61H94O7S2. The van der Waals surface area contributed by atoms with Crippen molar-refractivity contribution in [1.82, 2.24) is 0 Å². The predicted octanol–water partition coefficient (Wildman–Crippen LogP) is 17.7. The molecule has 0 aliphatic heterocycles. The van der Waals surface area contributed by atoms with E-state index in [0.717, 1.165) is 67.5 Å². The summed E-state index contributed by atoms with van der Waals surface area (Å²) in [6.07, 6.45) is -1.83. The van der Waals surface area contributed by atoms with Gasteiger partial charge in [-0.2, -0.15) is 23.5 Å². The summed E-state index contributed by atoms with van der Waals surface area (Å²) in [5.74, 6) is 5.26. The number of hydrogen-bond acceptors (Lipinski definition) is 7. The van der Waals surface area contributed by atoms with Crippen LogP contribution in [0.3, 0.4) is 0 Å². The molecule has 0 aliphatic rings. The lowest BCUT2D eigenvalue weighted by Crippen LogP contribution is -2.18. The molecular weight excluding hydrogens is 909 g/mol. The molecule has 0 heterocycles. The largest absolute Gasteiger partial charge is 0.507 e. The Morgan fingerprint density at radius 3 is 0.486 bits per heavy atom. The first-order valence-electron chi connectivity index (χ1n) is 24.7. The van der Waals surface area contributed by atoms with E-state index in [9.17, 15) is 20.4 Å². The van der Waals surface area contributed by atoms with E-state index in [1.54, 1.807) is 0 Å². The van der Waals surface area contributed by atoms with Crippen LogP contribution in [0.4, 0.5) is 4.79 Å². The standard InChI is InChI=1S/2C30H46O2S.CH2O3/c2*1-27(2,3)21-13-19(14-22(25(21)31)28(4,5)6)17-33-18-20-15-23(29(7,8)9)26(32)24(16-20)30(10,11)12;2-1(3)4/h2*13-16,31-32H,17-18H2,1-12H3;(H2,2,3,4). The number of benzene rings is 4. The van der Waals surface area contributed by atoms with Crippen molar-refractivity contribution in [3.63, 3.8) is 0 Å². The molecule has 0 radical (unpaired) electrons. The highest BCUT2D eigenvalue weighted by Gasteiger charge is 2.31. The van der Waals surface area contributed by atoms with E-state index in [1.807, 2.05) is 23.5 Å². The van der Waals surface area contributed by atoms with E-state index < -0.39 is 6.16 Å². The van der Waals surface area contributed by atoms with E-state index in [1.165, 1.54) is 22.3 Å². The quantitative estimate of drug-likeness (QED) is 0.102. The fourth-order valence-corrected chi connectivity index (χ4v) is 10.1. The van der Waals surface area contributed by atoms with Crippen LogP contribution in [0.2, 0.25) is 0 Å². The average Bonchev–Trinajstić information content (AvgIpc) is 3.13. The van der Waals surface area contributed by atoms with Crippen LogP contribution in [0.5, 0.6) is 23.0 Å². The normalized spacial score (nSPS) is 13.0. The second kappa shape index (κ2) is 22.4. The molecule has 7 nitrogen and oxygen atoms in total. The average molecular weight is 1000 g/mol. The van der Waals surface area contributed by atoms with Gasteiger partial charge in [0.15, 0.2) is 0 Å². The molecule has 4 aromatic carbocycles. The van der Waals surface area contributed by atoms with Gasteiger partial charge in [0.05, 0.1) is 0 Å². The molecule has 6 N–H and O–H groups in total. The summed E-state index contributed by atoms with van der Waals surface area (Å²) >= 11 is 3.77. The van der Waals surface area contributed by atoms with Crippen LogP contribution in [0, 0.1) is 0 Å². The molecule has 4 rings (SSSR count). The van der Waals surface area contributed by atoms with Crippen molar-refractivity contribution in [3.05, 3.63) is 115 Å². The maximum atomic E-state index is 11.0. The molecule has 0 aromatic heterocycles. The van der Waals surface area contributed by atoms with Crippen molar-refractivity contribution < 1.29 is 35.4 Å². The van der Waals surface area contributed by atoms with Crippen molar-refractivity contribution in [2.75, 3.05) is 0 Å². The number of phenolic OH excluding ortho intramolecular Hbond substituents is 4. The summed E-state index contributed by atoms with van der Waals surface area (Å²) in [6.45, 7) is 51.8. The molecule has 0 bridgehead atoms. The topological polar surface area (TPSA) is 138 Å². The lowest BCUT2D eigenvalue weighted by molar-refractivity contribution is 0.137. The maximum absolute atomic E-state index is 11.0. The van der Waals surface area contributed by atoms with Crippen molar-refractivity contribution in [3.8, 4) is 23.0 Å². The third-order valence-electron chi connectivity index (χ3n) is 12.2. The number of carbonyl (C=O) groups is 1. The molecule has 392 valence electrons. The Morgan fingerprint density at radius 1 is 0.300 bits per heavy atom. The SMILES string of the molecule is CC(C)(C)c1cc(CSCc2cc(C(C)(C)C)c(O)c(C(C)(C)C)c2)cc(C(C)(C)C)c1O.CC(C)(C)c1cc(CSCc2cc(C(C)(C)C)c(O)c(C(C)(C)C)c2)cc(C(C)(C)C)c1O.O=C(O)O. The highest BCUT2D eigenvalue weighted by molar-refractivity contribution is 7.97. The smallest absolute Gasteiger partial charge is 0.503 e. The number of hydrogen-bond donors (Lipinski definition) is 6. The number of aromatic hydroxyl groups is 4. The van der Waals surface area contributed by atoms with Crippen LogP contribution < -0.4 is 0 Å². The number of carboxylic acid groups (broad SMARTS) is 2. The van der Waals surface area contributed by atoms with E-state index in [-0.39, 0.29) is 43.3 Å². The number of phenols is 4. The fraction of sp³-hybridized carbons (Fsp3) is 0.590. The maximum Gasteiger partial charge on any atom is 0.503 e. The molecule has 0 saturated heterocycles. The lowest BCUT2D eigenvalue weighted by Gasteiger charge is -2.28. The van der Waals surface area contributed by atoms with Gasteiger partial charge in [0.1, 0.15) is 23.0 Å². The summed E-state index contributed by atoms with van der Waals surface area (Å²) in [7, 11) is 0. The zero-order valence-electron chi connectivity index (χ0n) is 47.9. The first-order valence-corrected chi connectivity index (χ1v) is 27.0. The minimum absolute atomic E-state index is 0.120. The minimum atomic E-state index is -1.83. The minimum Gasteiger partial charge on any atom is -0.507 e. The Bertz CT molecular complexity index is 1950. The second-order valence-electron chi connectivity index (χ2n) is 27.4. The second-order valence-corrected chi connectivity index (χ2v) is 29.4. The van der Waals surface area contributed by atoms with Gasteiger partial charge in [0.2, 0.25) is 0 Å². The molecule has 0 unspecified atom stereocenters. The number of thioether (sulfide) groups is 2. The van der Waals surface area contributed by atoms with Crippen LogP contribution >= 0.6 is 23.5 Å². The molecule has 0 saturated carbocycles. The lowest BCUT2D eigenvalue weighted by atomic mass is 9.78. The third-order valence-corrected chi connectivity index (χ3v) is 14.4. The van der Waals surface area contributed by atoms with Gasteiger partial charge in [0, 0.05) is 23.0 Å². The summed E-state index contributed by atoms with van der Waals surface area (Å²) in [5, 5.41) is 57.9. The van der Waals surface area contributed by atoms with Gasteiger partial charge in [-0.15, -0.1) is 0 Å². The van der Waals surface area contributed by atoms with E-state index in [4.69, 9.17) is 15.0 Å². The Hall–Kier alpha value is -3.95. The fourth-order valence-electron chi connectivity index (χ4n) is 8.26. The van der Waals surface area contributed by atoms with Crippen LogP contribution in [0.1, 0.15) is 233 Å². The first-order chi connectivity index (χ1) is 31.2. The van der Waals surface area contributed by atoms with Gasteiger partial charge in [-0.1, -0.05) is 215 Å². The monoisotopic (exact) mass is 1000 g/mol. The van der Waals surface area contributed by atoms with Gasteiger partial charge < -0.3 is 30.6 Å². The van der Waals surface area contributed by atoms with Crippen LogP contribution in [0.15, 0.2) is 48.5 Å². The Morgan fingerprint density at radius 2 is 0.400 bits per heavy atom. The molecule has 0 spiro atoms. The molecule has 0 fully saturated rings. The van der Waals surface area contributed by atoms with Crippen molar-refractivity contribution in [2.45, 2.75) is 233 Å². The van der Waals surface area contributed by atoms with Crippen LogP contribution in [0.25, 0.3) is 0 Å². The van der Waals surface area contributed by atoms with E-state index in [2.05, 4.69) is 215 Å². The molecule has 0 atom stereocenters. The zero-order valence-corrected chi connectivity index (χ0v) is 49.5. The van der Waals surface area contributed by atoms with Crippen molar-refractivity contribution in [1.29, 1.82) is 0 Å². The van der Waals surface area contributed by atoms with Crippen molar-refractivity contribution >= 4 is 29.7 Å². The van der Waals surface area contributed by atoms with Gasteiger partial charge in [-0.3, -0.25) is 0 Å². The molecule has 0 aliphatic carbocycles. The Kier molecular flexibility index (Phi) is 19.9. The highest BCUT2D eigenvalue weighted by Crippen LogP contribution is 2.45. The zero-order chi connectivity index (χ0) is 54.7. The summed E-state index contributed by atoms with van der Waals surface area (Å²) in [5.41, 5.74) is 12.1. The third kappa shape index (κ3) is 17.7. The van der Waals surface area contributed by atoms with Crippen molar-refractivity contribution in [2.24, 2.45) is 0 Å². The molecule has 9 heteroatoms. The first kappa shape index (κ1) is 62.2. The van der Waals surface area contributed by atoms with Gasteiger partial charge in [-0.05, 0) is 110 Å². The molecule has 4 aromatic rings. The Balaban J connectivity index is 0.000000446. The molecule has 0 amide bonds. The van der Waals surface area contributed by atoms with Crippen LogP contribution in [-0.4, -0.2) is 36.8 Å². The van der Waals surface area contributed by atoms with Gasteiger partial charge >= 0.3 is 6.16 Å². The van der Waals surface area contributed by atoms with E-state index >= 15 is 0 Å². The highest BCUT2D eigenvalue weighted by atomic mass is 32.2. The van der Waals surface area contributed by atoms with Crippen LogP contribution in [-0.2, 0) is 66.3 Å². The molecule has 70 heavy (non-hydrogen) atoms. The number of rotatable bonds is 8. The predicted molar refractivity (Wildman–Crippen MR) is 303 cm³/mol. The van der Waals surface area contributed by atoms with Gasteiger partial charge in [0.25, 0.3) is 0 Å². The van der Waals surface area contributed by atoms with E-state index in [0.29, 0.717) is 23.0 Å². The summed E-state index contributed by atoms with van der Waals surface area (Å²) in [4.78, 5) is 8.56. The Labute approximate surface area is 433 Å². The van der Waals surface area contributed by atoms with Gasteiger partial charge in [-0.25, -0.2) is 4.79 Å². The summed E-state index contributed by atoms with van der Waals surface area (Å²) < 4.78 is 0.